The zero-order chi connectivity index (χ0) is 26.2. The first-order valence-electron chi connectivity index (χ1n) is 9.18. The highest BCUT2D eigenvalue weighted by atomic mass is 19.4. The fourth-order valence-electron chi connectivity index (χ4n) is 2.30. The van der Waals surface area contributed by atoms with E-state index in [0.29, 0.717) is 12.3 Å². The molecule has 1 aromatic rings. The van der Waals surface area contributed by atoms with Crippen LogP contribution in [0, 0.1) is 5.92 Å². The van der Waals surface area contributed by atoms with Crippen molar-refractivity contribution in [1.29, 1.82) is 0 Å². The van der Waals surface area contributed by atoms with Crippen molar-refractivity contribution in [1.82, 2.24) is 5.32 Å². The number of carboxylic acid groups (broad SMARTS) is 2. The molecule has 15 heteroatoms. The summed E-state index contributed by atoms with van der Waals surface area (Å²) in [5.41, 5.74) is 6.48. The number of halogens is 6. The molecular weight excluding hydrogens is 468 g/mol. The van der Waals surface area contributed by atoms with Crippen LogP contribution in [0.5, 0.6) is 0 Å². The normalized spacial score (nSPS) is 15.2. The summed E-state index contributed by atoms with van der Waals surface area (Å²) in [4.78, 5) is 29.8. The van der Waals surface area contributed by atoms with Crippen LogP contribution in [0.1, 0.15) is 38.7 Å². The zero-order valence-electron chi connectivity index (χ0n) is 17.4. The highest BCUT2D eigenvalue weighted by Gasteiger charge is 2.47. The molecule has 1 atom stereocenters. The Hall–Kier alpha value is -3.10. The van der Waals surface area contributed by atoms with Crippen molar-refractivity contribution in [2.45, 2.75) is 57.0 Å². The molecule has 0 radical (unpaired) electrons. The van der Waals surface area contributed by atoms with Gasteiger partial charge in [-0.2, -0.15) is 26.3 Å². The Labute approximate surface area is 183 Å². The third-order valence-corrected chi connectivity index (χ3v) is 3.99. The molecule has 1 aromatic heterocycles. The molecule has 9 nitrogen and oxygen atoms in total. The van der Waals surface area contributed by atoms with Crippen LogP contribution in [-0.2, 0) is 19.9 Å². The second-order valence-electron chi connectivity index (χ2n) is 7.37. The summed E-state index contributed by atoms with van der Waals surface area (Å²) in [6, 6.07) is 3.20. The lowest BCUT2D eigenvalue weighted by molar-refractivity contribution is -0.905. The number of hydrogen-bond donors (Lipinski definition) is 4. The SMILES string of the molecule is CC(C)CC(N)C(=O)NC1(c2ccc[n+](O)c2)CC1.O=C(O)C(F)(F)F.O=C([O-])C(F)(F)F. The lowest BCUT2D eigenvalue weighted by Crippen LogP contribution is -2.46. The van der Waals surface area contributed by atoms with Crippen molar-refractivity contribution in [3.8, 4) is 0 Å². The summed E-state index contributed by atoms with van der Waals surface area (Å²) in [7, 11) is 0. The fourth-order valence-corrected chi connectivity index (χ4v) is 2.30. The van der Waals surface area contributed by atoms with Gasteiger partial charge in [-0.3, -0.25) is 10.0 Å². The number of carbonyl (C=O) groups is 3. The van der Waals surface area contributed by atoms with Crippen molar-refractivity contribution in [3.63, 3.8) is 0 Å². The lowest BCUT2D eigenvalue weighted by Gasteiger charge is -2.20. The number of pyridine rings is 1. The molecule has 5 N–H and O–H groups in total. The number of nitrogens with two attached hydrogens (primary N) is 1. The van der Waals surface area contributed by atoms with Crippen molar-refractivity contribution >= 4 is 17.8 Å². The molecule has 1 saturated carbocycles. The van der Waals surface area contributed by atoms with Gasteiger partial charge in [-0.1, -0.05) is 13.8 Å². The average Bonchev–Trinajstić information content (AvgIpc) is 3.41. The first-order valence-corrected chi connectivity index (χ1v) is 9.18. The van der Waals surface area contributed by atoms with E-state index in [2.05, 4.69) is 5.32 Å². The predicted octanol–water partition coefficient (Wildman–Crippen LogP) is 0.622. The summed E-state index contributed by atoms with van der Waals surface area (Å²) in [6.07, 6.45) is -4.65. The number of amides is 1. The van der Waals surface area contributed by atoms with E-state index in [-0.39, 0.29) is 11.4 Å². The maximum Gasteiger partial charge on any atom is 0.490 e. The van der Waals surface area contributed by atoms with Gasteiger partial charge in [0.15, 0.2) is 0 Å². The molecule has 0 bridgehead atoms. The second-order valence-corrected chi connectivity index (χ2v) is 7.37. The van der Waals surface area contributed by atoms with Crippen LogP contribution in [0.25, 0.3) is 0 Å². The maximum absolute atomic E-state index is 12.1. The van der Waals surface area contributed by atoms with E-state index in [9.17, 15) is 36.3 Å². The standard InChI is InChI=1S/C14H21N3O2.2C2HF3O2/c1-10(2)8-12(15)13(18)16-14(5-6-14)11-4-3-7-17(19)9-11;2*3-2(4,5)1(6)7/h3-4,7,9-10,12H,5-6,8,15H2,1-2H3,(H-,16,18,19);2*(H,6,7). The number of carboxylic acids is 2. The predicted molar refractivity (Wildman–Crippen MR) is 95.1 cm³/mol. The Bertz CT molecular complexity index is 801. The van der Waals surface area contributed by atoms with Gasteiger partial charge in [0, 0.05) is 16.4 Å². The third-order valence-electron chi connectivity index (χ3n) is 3.99. The number of aromatic nitrogens is 1. The summed E-state index contributed by atoms with van der Waals surface area (Å²) in [5, 5.41) is 28.4. The number of hydrogen-bond acceptors (Lipinski definition) is 6. The van der Waals surface area contributed by atoms with Crippen molar-refractivity contribution in [3.05, 3.63) is 30.1 Å². The molecule has 1 unspecified atom stereocenters. The Morgan fingerprint density at radius 1 is 1.18 bits per heavy atom. The molecule has 1 fully saturated rings. The molecule has 0 spiro atoms. The molecule has 0 saturated heterocycles. The van der Waals surface area contributed by atoms with Crippen LogP contribution in [0.3, 0.4) is 0 Å². The highest BCUT2D eigenvalue weighted by molar-refractivity contribution is 5.82. The molecule has 0 aliphatic heterocycles. The first-order chi connectivity index (χ1) is 14.8. The summed E-state index contributed by atoms with van der Waals surface area (Å²) in [5.74, 6) is -5.48. The van der Waals surface area contributed by atoms with Crippen LogP contribution < -0.4 is 20.9 Å². The van der Waals surface area contributed by atoms with E-state index in [1.54, 1.807) is 18.5 Å². The Balaban J connectivity index is 0.000000605. The van der Waals surface area contributed by atoms with Gasteiger partial charge in [-0.25, -0.2) is 4.79 Å². The largest absolute Gasteiger partial charge is 0.542 e. The average molecular weight is 491 g/mol. The van der Waals surface area contributed by atoms with Gasteiger partial charge >= 0.3 is 18.3 Å². The quantitative estimate of drug-likeness (QED) is 0.267. The van der Waals surface area contributed by atoms with Crippen molar-refractivity contribution in [2.24, 2.45) is 11.7 Å². The van der Waals surface area contributed by atoms with Gasteiger partial charge in [-0.05, 0) is 31.2 Å². The molecule has 1 aliphatic rings. The van der Waals surface area contributed by atoms with Gasteiger partial charge in [0.05, 0.1) is 11.6 Å². The summed E-state index contributed by atoms with van der Waals surface area (Å²) < 4.78 is 64.3. The van der Waals surface area contributed by atoms with E-state index in [0.717, 1.165) is 23.1 Å². The van der Waals surface area contributed by atoms with Gasteiger partial charge in [-0.15, -0.1) is 0 Å². The van der Waals surface area contributed by atoms with Gasteiger partial charge in [0.2, 0.25) is 18.3 Å². The Morgan fingerprint density at radius 3 is 1.94 bits per heavy atom. The zero-order valence-corrected chi connectivity index (χ0v) is 17.4. The molecule has 188 valence electrons. The molecule has 0 aromatic carbocycles. The number of nitrogens with zero attached hydrogens (tertiary/aromatic N) is 1. The van der Waals surface area contributed by atoms with Crippen molar-refractivity contribution in [2.75, 3.05) is 0 Å². The van der Waals surface area contributed by atoms with E-state index in [1.165, 1.54) is 0 Å². The van der Waals surface area contributed by atoms with Gasteiger partial charge in [0.25, 0.3) is 0 Å². The molecule has 2 rings (SSSR count). The Morgan fingerprint density at radius 2 is 1.64 bits per heavy atom. The van der Waals surface area contributed by atoms with Crippen LogP contribution in [-0.4, -0.2) is 46.6 Å². The van der Waals surface area contributed by atoms with Crippen LogP contribution in [0.15, 0.2) is 24.5 Å². The minimum absolute atomic E-state index is 0.112. The summed E-state index contributed by atoms with van der Waals surface area (Å²) >= 11 is 0. The number of aliphatic carboxylic acids is 2. The molecule has 1 heterocycles. The lowest BCUT2D eigenvalue weighted by atomic mass is 10.0. The van der Waals surface area contributed by atoms with Crippen LogP contribution in [0.4, 0.5) is 26.3 Å². The second kappa shape index (κ2) is 11.7. The number of alkyl halides is 6. The number of carbonyl (C=O) groups excluding carboxylic acids is 2. The smallest absolute Gasteiger partial charge is 0.490 e. The van der Waals surface area contributed by atoms with Gasteiger partial charge < -0.3 is 26.1 Å². The Kier molecular flexibility index (Phi) is 10.6. The van der Waals surface area contributed by atoms with Crippen molar-refractivity contribution < 1.29 is 60.9 Å². The first kappa shape index (κ1) is 29.9. The number of rotatable bonds is 5. The third kappa shape index (κ3) is 11.4. The maximum atomic E-state index is 12.1. The minimum Gasteiger partial charge on any atom is -0.542 e. The van der Waals surface area contributed by atoms with E-state index in [4.69, 9.17) is 25.5 Å². The van der Waals surface area contributed by atoms with Crippen LogP contribution in [0.2, 0.25) is 0 Å². The molecule has 33 heavy (non-hydrogen) atoms. The monoisotopic (exact) mass is 491 g/mol. The highest BCUT2D eigenvalue weighted by Crippen LogP contribution is 2.45. The molecule has 1 amide bonds. The topological polar surface area (TPSA) is 157 Å². The molecule has 1 aliphatic carbocycles. The summed E-state index contributed by atoms with van der Waals surface area (Å²) in [6.45, 7) is 4.10. The van der Waals surface area contributed by atoms with E-state index >= 15 is 0 Å². The fraction of sp³-hybridized carbons (Fsp3) is 0.556. The van der Waals surface area contributed by atoms with E-state index in [1.807, 2.05) is 19.9 Å². The molecular formula is C18H23F6N3O6. The van der Waals surface area contributed by atoms with Gasteiger partial charge in [0.1, 0.15) is 5.97 Å². The number of nitrogens with one attached hydrogen (secondary N) is 1. The van der Waals surface area contributed by atoms with Crippen LogP contribution >= 0.6 is 0 Å². The van der Waals surface area contributed by atoms with E-state index < -0.39 is 30.3 Å². The minimum atomic E-state index is -5.19.